The summed E-state index contributed by atoms with van der Waals surface area (Å²) in [6.45, 7) is 3.38. The van der Waals surface area contributed by atoms with Gasteiger partial charge in [-0.2, -0.15) is 0 Å². The Hall–Kier alpha value is -1.28. The van der Waals surface area contributed by atoms with Crippen molar-refractivity contribution in [2.75, 3.05) is 14.2 Å². The molecule has 2 N–H and O–H groups in total. The van der Waals surface area contributed by atoms with E-state index in [-0.39, 0.29) is 0 Å². The number of benzene rings is 1. The van der Waals surface area contributed by atoms with Crippen molar-refractivity contribution in [1.82, 2.24) is 0 Å². The summed E-state index contributed by atoms with van der Waals surface area (Å²) < 4.78 is 22.2. The smallest absolute Gasteiger partial charge is 0.452 e. The van der Waals surface area contributed by atoms with E-state index in [4.69, 9.17) is 29.0 Å². The molecule has 0 amide bonds. The Morgan fingerprint density at radius 3 is 2.00 bits per heavy atom. The molecular weight excluding hydrogens is 251 g/mol. The molecule has 1 aliphatic rings. The lowest BCUT2D eigenvalue weighted by atomic mass is 9.80. The van der Waals surface area contributed by atoms with Crippen LogP contribution in [0.3, 0.4) is 0 Å². The van der Waals surface area contributed by atoms with Crippen LogP contribution >= 0.6 is 0 Å². The molecule has 0 radical (unpaired) electrons. The third-order valence-electron chi connectivity index (χ3n) is 3.48. The second-order valence-corrected chi connectivity index (χ2v) is 4.58. The Balaban J connectivity index is 2.45. The molecule has 1 aliphatic heterocycles. The molecule has 2 atom stereocenters. The van der Waals surface area contributed by atoms with Gasteiger partial charge in [0.25, 0.3) is 11.6 Å². The summed E-state index contributed by atoms with van der Waals surface area (Å²) >= 11 is 0. The van der Waals surface area contributed by atoms with E-state index in [9.17, 15) is 0 Å². The maximum atomic E-state index is 9.16. The van der Waals surface area contributed by atoms with Crippen molar-refractivity contribution < 1.29 is 29.0 Å². The predicted molar refractivity (Wildman–Crippen MR) is 68.4 cm³/mol. The summed E-state index contributed by atoms with van der Waals surface area (Å²) in [5, 5.41) is 18.3. The van der Waals surface area contributed by atoms with Crippen LogP contribution in [0.4, 0.5) is 0 Å². The first-order valence-electron chi connectivity index (χ1n) is 5.83. The molecule has 0 aromatic heterocycles. The number of hydrogen-bond acceptors (Lipinski definition) is 6. The second-order valence-electron chi connectivity index (χ2n) is 4.58. The van der Waals surface area contributed by atoms with Crippen molar-refractivity contribution >= 4 is 12.6 Å². The van der Waals surface area contributed by atoms with Crippen LogP contribution in [0.5, 0.6) is 11.5 Å². The molecule has 2 rings (SSSR count). The van der Waals surface area contributed by atoms with E-state index in [1.165, 1.54) is 20.3 Å². The van der Waals surface area contributed by atoms with Crippen LogP contribution < -0.4 is 14.9 Å². The monoisotopic (exact) mass is 268 g/mol. The van der Waals surface area contributed by atoms with Crippen LogP contribution in [0.2, 0.25) is 0 Å². The fourth-order valence-electron chi connectivity index (χ4n) is 1.91. The third-order valence-corrected chi connectivity index (χ3v) is 3.48. The number of hydrogen-bond donors (Lipinski definition) is 2. The molecule has 104 valence electrons. The van der Waals surface area contributed by atoms with E-state index in [2.05, 4.69) is 0 Å². The Kier molecular flexibility index (Phi) is 3.48. The maximum Gasteiger partial charge on any atom is 0.488 e. The normalized spacial score (nSPS) is 29.2. The van der Waals surface area contributed by atoms with Gasteiger partial charge >= 0.3 is 7.12 Å². The number of ether oxygens (including phenoxy) is 4. The first-order chi connectivity index (χ1) is 8.85. The van der Waals surface area contributed by atoms with Crippen LogP contribution in [0.15, 0.2) is 18.2 Å². The molecule has 0 bridgehead atoms. The van der Waals surface area contributed by atoms with E-state index in [1.54, 1.807) is 26.0 Å². The second kappa shape index (κ2) is 4.68. The Bertz CT molecular complexity index is 479. The first-order valence-corrected chi connectivity index (χ1v) is 5.83. The molecule has 0 aliphatic carbocycles. The van der Waals surface area contributed by atoms with Gasteiger partial charge in [-0.05, 0) is 17.6 Å². The number of methoxy groups -OCH3 is 2. The number of fused-ring (bicyclic) bond motifs is 1. The van der Waals surface area contributed by atoms with Gasteiger partial charge < -0.3 is 29.0 Å². The molecular formula is C12H17BO6. The van der Waals surface area contributed by atoms with Gasteiger partial charge in [0.2, 0.25) is 0 Å². The Morgan fingerprint density at radius 2 is 1.53 bits per heavy atom. The molecule has 0 saturated heterocycles. The molecule has 0 saturated carbocycles. The van der Waals surface area contributed by atoms with Crippen molar-refractivity contribution in [2.24, 2.45) is 0 Å². The number of rotatable bonds is 3. The fourth-order valence-corrected chi connectivity index (χ4v) is 1.91. The van der Waals surface area contributed by atoms with Gasteiger partial charge in [0.15, 0.2) is 11.5 Å². The molecule has 0 spiro atoms. The quantitative estimate of drug-likeness (QED) is 0.743. The molecule has 0 fully saturated rings. The standard InChI is InChI=1S/C12H17BO6/c1-11(16-3)12(2,17-4)19-10-7-8(13(14)15)5-6-9(10)18-11/h5-7,14-15H,1-4H3. The van der Waals surface area contributed by atoms with Crippen LogP contribution in [0.25, 0.3) is 0 Å². The van der Waals surface area contributed by atoms with Crippen molar-refractivity contribution in [1.29, 1.82) is 0 Å². The van der Waals surface area contributed by atoms with Gasteiger partial charge in [-0.15, -0.1) is 0 Å². The molecule has 1 heterocycles. The predicted octanol–water partition coefficient (Wildman–Crippen LogP) is -0.137. The minimum atomic E-state index is -1.57. The molecule has 19 heavy (non-hydrogen) atoms. The van der Waals surface area contributed by atoms with E-state index in [0.717, 1.165) is 0 Å². The minimum Gasteiger partial charge on any atom is -0.452 e. The zero-order chi connectivity index (χ0) is 14.3. The Morgan fingerprint density at radius 1 is 1.00 bits per heavy atom. The van der Waals surface area contributed by atoms with E-state index in [0.29, 0.717) is 17.0 Å². The molecule has 2 unspecified atom stereocenters. The summed E-state index contributed by atoms with van der Waals surface area (Å²) in [6.07, 6.45) is 0. The first kappa shape index (κ1) is 14.1. The summed E-state index contributed by atoms with van der Waals surface area (Å²) in [7, 11) is 1.41. The van der Waals surface area contributed by atoms with Gasteiger partial charge in [-0.3, -0.25) is 0 Å². The van der Waals surface area contributed by atoms with Crippen molar-refractivity contribution in [3.63, 3.8) is 0 Å². The van der Waals surface area contributed by atoms with Gasteiger partial charge in [0, 0.05) is 28.1 Å². The summed E-state index contributed by atoms with van der Waals surface area (Å²) in [6, 6.07) is 4.63. The van der Waals surface area contributed by atoms with Crippen molar-refractivity contribution in [2.45, 2.75) is 25.4 Å². The van der Waals surface area contributed by atoms with E-state index >= 15 is 0 Å². The SMILES string of the molecule is COC1(C)Oc2ccc(B(O)O)cc2OC1(C)OC. The lowest BCUT2D eigenvalue weighted by Gasteiger charge is -2.46. The molecule has 1 aromatic rings. The van der Waals surface area contributed by atoms with Gasteiger partial charge in [-0.25, -0.2) is 0 Å². The average molecular weight is 268 g/mol. The lowest BCUT2D eigenvalue weighted by Crippen LogP contribution is -2.62. The summed E-state index contributed by atoms with van der Waals surface area (Å²) in [5.41, 5.74) is 0.307. The van der Waals surface area contributed by atoms with Crippen LogP contribution in [0, 0.1) is 0 Å². The topological polar surface area (TPSA) is 77.4 Å². The van der Waals surface area contributed by atoms with Crippen molar-refractivity contribution in [3.8, 4) is 11.5 Å². The van der Waals surface area contributed by atoms with Gasteiger partial charge in [-0.1, -0.05) is 6.07 Å². The molecule has 6 nitrogen and oxygen atoms in total. The van der Waals surface area contributed by atoms with Gasteiger partial charge in [0.05, 0.1) is 0 Å². The lowest BCUT2D eigenvalue weighted by molar-refractivity contribution is -0.345. The third kappa shape index (κ3) is 2.19. The fraction of sp³-hybridized carbons (Fsp3) is 0.500. The average Bonchev–Trinajstić information content (AvgIpc) is 2.39. The summed E-state index contributed by atoms with van der Waals surface area (Å²) in [5.74, 6) is -1.46. The summed E-state index contributed by atoms with van der Waals surface area (Å²) in [4.78, 5) is 0. The largest absolute Gasteiger partial charge is 0.488 e. The zero-order valence-electron chi connectivity index (χ0n) is 11.3. The van der Waals surface area contributed by atoms with Crippen molar-refractivity contribution in [3.05, 3.63) is 18.2 Å². The highest BCUT2D eigenvalue weighted by Crippen LogP contribution is 2.43. The maximum absolute atomic E-state index is 9.16. The zero-order valence-corrected chi connectivity index (χ0v) is 11.3. The highest BCUT2D eigenvalue weighted by atomic mass is 16.8. The molecule has 7 heteroatoms. The Labute approximate surface area is 112 Å². The molecule has 1 aromatic carbocycles. The van der Waals surface area contributed by atoms with Crippen LogP contribution in [-0.2, 0) is 9.47 Å². The highest BCUT2D eigenvalue weighted by molar-refractivity contribution is 6.58. The van der Waals surface area contributed by atoms with Crippen LogP contribution in [0.1, 0.15) is 13.8 Å². The minimum absolute atomic E-state index is 0.307. The van der Waals surface area contributed by atoms with E-state index in [1.807, 2.05) is 0 Å². The van der Waals surface area contributed by atoms with Crippen LogP contribution in [-0.4, -0.2) is 43.0 Å². The van der Waals surface area contributed by atoms with Gasteiger partial charge in [0.1, 0.15) is 0 Å². The van der Waals surface area contributed by atoms with E-state index < -0.39 is 18.7 Å². The highest BCUT2D eigenvalue weighted by Gasteiger charge is 2.54.